The van der Waals surface area contributed by atoms with E-state index in [0.29, 0.717) is 12.0 Å². The van der Waals surface area contributed by atoms with E-state index in [1.807, 2.05) is 12.1 Å². The van der Waals surface area contributed by atoms with Crippen molar-refractivity contribution in [3.8, 4) is 0 Å². The summed E-state index contributed by atoms with van der Waals surface area (Å²) in [5.74, 6) is 0.619. The number of aromatic nitrogens is 1. The van der Waals surface area contributed by atoms with Gasteiger partial charge in [-0.2, -0.15) is 0 Å². The molecule has 1 N–H and O–H groups in total. The predicted octanol–water partition coefficient (Wildman–Crippen LogP) is 2.44. The summed E-state index contributed by atoms with van der Waals surface area (Å²) in [4.78, 5) is 6.44. The quantitative estimate of drug-likeness (QED) is 0.831. The van der Waals surface area contributed by atoms with Crippen LogP contribution < -0.4 is 4.90 Å². The van der Waals surface area contributed by atoms with Gasteiger partial charge in [0.05, 0.1) is 12.3 Å². The largest absolute Gasteiger partial charge is 0.390 e. The van der Waals surface area contributed by atoms with Gasteiger partial charge in [0, 0.05) is 24.5 Å². The maximum atomic E-state index is 9.08. The molecule has 1 aromatic rings. The van der Waals surface area contributed by atoms with E-state index in [4.69, 9.17) is 5.11 Å². The smallest absolute Gasteiger partial charge is 0.0853 e. The molecule has 0 saturated carbocycles. The van der Waals surface area contributed by atoms with Crippen molar-refractivity contribution in [3.63, 3.8) is 0 Å². The fraction of sp³-hybridized carbons (Fsp3) is 0.615. The molecule has 3 nitrogen and oxygen atoms in total. The summed E-state index contributed by atoms with van der Waals surface area (Å²) in [6.45, 7) is 9.81. The third-order valence-corrected chi connectivity index (χ3v) is 2.48. The Morgan fingerprint density at radius 1 is 1.31 bits per heavy atom. The third-order valence-electron chi connectivity index (χ3n) is 2.48. The van der Waals surface area contributed by atoms with E-state index in [-0.39, 0.29) is 6.61 Å². The van der Waals surface area contributed by atoms with Crippen LogP contribution in [0.2, 0.25) is 0 Å². The first-order valence-corrected chi connectivity index (χ1v) is 5.87. The molecule has 0 radical (unpaired) electrons. The lowest BCUT2D eigenvalue weighted by atomic mass is 10.1. The number of hydrogen-bond donors (Lipinski definition) is 1. The molecule has 0 spiro atoms. The molecule has 16 heavy (non-hydrogen) atoms. The van der Waals surface area contributed by atoms with Crippen molar-refractivity contribution in [2.24, 2.45) is 5.92 Å². The van der Waals surface area contributed by atoms with Crippen LogP contribution in [0.15, 0.2) is 18.3 Å². The van der Waals surface area contributed by atoms with Gasteiger partial charge in [-0.25, -0.2) is 0 Å². The van der Waals surface area contributed by atoms with E-state index >= 15 is 0 Å². The van der Waals surface area contributed by atoms with Crippen molar-refractivity contribution >= 4 is 5.69 Å². The first-order valence-electron chi connectivity index (χ1n) is 5.87. The Kier molecular flexibility index (Phi) is 4.74. The topological polar surface area (TPSA) is 36.4 Å². The van der Waals surface area contributed by atoms with Crippen LogP contribution in [-0.4, -0.2) is 22.7 Å². The van der Waals surface area contributed by atoms with E-state index in [0.717, 1.165) is 17.9 Å². The second-order valence-electron chi connectivity index (χ2n) is 4.80. The molecule has 0 unspecified atom stereocenters. The lowest BCUT2D eigenvalue weighted by molar-refractivity contribution is 0.277. The number of aliphatic hydroxyl groups is 1. The second-order valence-corrected chi connectivity index (χ2v) is 4.80. The fourth-order valence-electron chi connectivity index (χ4n) is 1.74. The monoisotopic (exact) mass is 222 g/mol. The Balaban J connectivity index is 2.91. The van der Waals surface area contributed by atoms with Gasteiger partial charge < -0.3 is 10.0 Å². The molecule has 1 heterocycles. The van der Waals surface area contributed by atoms with Crippen molar-refractivity contribution < 1.29 is 5.11 Å². The standard InChI is InChI=1S/C13H22N2O/c1-10(2)8-15(11(3)4)13-5-6-14-12(7-13)9-16/h5-7,10-11,16H,8-9H2,1-4H3. The molecule has 1 rings (SSSR count). The van der Waals surface area contributed by atoms with Crippen molar-refractivity contribution in [3.05, 3.63) is 24.0 Å². The highest BCUT2D eigenvalue weighted by Gasteiger charge is 2.12. The molecule has 0 aliphatic heterocycles. The molecule has 90 valence electrons. The molecule has 0 saturated heterocycles. The first kappa shape index (κ1) is 13.0. The molecular weight excluding hydrogens is 200 g/mol. The number of pyridine rings is 1. The summed E-state index contributed by atoms with van der Waals surface area (Å²) in [7, 11) is 0. The Morgan fingerprint density at radius 3 is 2.50 bits per heavy atom. The Hall–Kier alpha value is -1.09. The van der Waals surface area contributed by atoms with Crippen molar-refractivity contribution in [2.45, 2.75) is 40.3 Å². The zero-order chi connectivity index (χ0) is 12.1. The summed E-state index contributed by atoms with van der Waals surface area (Å²) in [5.41, 5.74) is 1.87. The minimum atomic E-state index is 0.00144. The third kappa shape index (κ3) is 3.49. The first-order chi connectivity index (χ1) is 7.54. The zero-order valence-electron chi connectivity index (χ0n) is 10.6. The van der Waals surface area contributed by atoms with Gasteiger partial charge in [-0.3, -0.25) is 4.98 Å². The van der Waals surface area contributed by atoms with E-state index < -0.39 is 0 Å². The molecule has 0 amide bonds. The SMILES string of the molecule is CC(C)CN(c1ccnc(CO)c1)C(C)C. The summed E-state index contributed by atoms with van der Waals surface area (Å²) < 4.78 is 0. The fourth-order valence-corrected chi connectivity index (χ4v) is 1.74. The van der Waals surface area contributed by atoms with E-state index in [1.165, 1.54) is 0 Å². The number of aliphatic hydroxyl groups excluding tert-OH is 1. The number of rotatable bonds is 5. The van der Waals surface area contributed by atoms with Crippen molar-refractivity contribution in [1.29, 1.82) is 0 Å². The average molecular weight is 222 g/mol. The van der Waals surface area contributed by atoms with Gasteiger partial charge >= 0.3 is 0 Å². The number of nitrogens with zero attached hydrogens (tertiary/aromatic N) is 2. The lowest BCUT2D eigenvalue weighted by Crippen LogP contribution is -2.34. The molecular formula is C13H22N2O. The van der Waals surface area contributed by atoms with Crippen LogP contribution in [0.3, 0.4) is 0 Å². The average Bonchev–Trinajstić information content (AvgIpc) is 2.25. The summed E-state index contributed by atoms with van der Waals surface area (Å²) >= 11 is 0. The maximum absolute atomic E-state index is 9.08. The van der Waals surface area contributed by atoms with Gasteiger partial charge in [0.15, 0.2) is 0 Å². The van der Waals surface area contributed by atoms with Crippen LogP contribution in [0.5, 0.6) is 0 Å². The minimum Gasteiger partial charge on any atom is -0.390 e. The van der Waals surface area contributed by atoms with Gasteiger partial charge in [0.2, 0.25) is 0 Å². The molecule has 1 aromatic heterocycles. The molecule has 0 bridgehead atoms. The molecule has 0 fully saturated rings. The second kappa shape index (κ2) is 5.85. The Labute approximate surface area is 98.1 Å². The Morgan fingerprint density at radius 2 is 2.00 bits per heavy atom. The highest BCUT2D eigenvalue weighted by atomic mass is 16.3. The summed E-state index contributed by atoms with van der Waals surface area (Å²) in [6.07, 6.45) is 1.76. The van der Waals surface area contributed by atoms with Gasteiger partial charge in [0.25, 0.3) is 0 Å². The molecule has 0 aromatic carbocycles. The van der Waals surface area contributed by atoms with Crippen molar-refractivity contribution in [1.82, 2.24) is 4.98 Å². The molecule has 3 heteroatoms. The molecule has 0 aliphatic rings. The Bertz CT molecular complexity index is 323. The lowest BCUT2D eigenvalue weighted by Gasteiger charge is -2.30. The van der Waals surface area contributed by atoms with E-state index in [9.17, 15) is 0 Å². The maximum Gasteiger partial charge on any atom is 0.0853 e. The highest BCUT2D eigenvalue weighted by Crippen LogP contribution is 2.19. The van der Waals surface area contributed by atoms with Crippen LogP contribution in [0.1, 0.15) is 33.4 Å². The van der Waals surface area contributed by atoms with E-state index in [1.54, 1.807) is 6.20 Å². The van der Waals surface area contributed by atoms with Crippen LogP contribution in [0.4, 0.5) is 5.69 Å². The summed E-state index contributed by atoms with van der Waals surface area (Å²) in [5, 5.41) is 9.08. The minimum absolute atomic E-state index is 0.00144. The zero-order valence-corrected chi connectivity index (χ0v) is 10.6. The van der Waals surface area contributed by atoms with Gasteiger partial charge in [0.1, 0.15) is 0 Å². The molecule has 0 atom stereocenters. The van der Waals surface area contributed by atoms with E-state index in [2.05, 4.69) is 37.6 Å². The number of anilines is 1. The predicted molar refractivity (Wildman–Crippen MR) is 67.5 cm³/mol. The van der Waals surface area contributed by atoms with Crippen LogP contribution in [0.25, 0.3) is 0 Å². The van der Waals surface area contributed by atoms with Gasteiger partial charge in [-0.05, 0) is 31.9 Å². The highest BCUT2D eigenvalue weighted by molar-refractivity contribution is 5.47. The van der Waals surface area contributed by atoms with Gasteiger partial charge in [-0.15, -0.1) is 0 Å². The van der Waals surface area contributed by atoms with Crippen molar-refractivity contribution in [2.75, 3.05) is 11.4 Å². The molecule has 0 aliphatic carbocycles. The van der Waals surface area contributed by atoms with Crippen LogP contribution in [-0.2, 0) is 6.61 Å². The normalized spacial score (nSPS) is 11.2. The van der Waals surface area contributed by atoms with Crippen LogP contribution in [0, 0.1) is 5.92 Å². The van der Waals surface area contributed by atoms with Crippen LogP contribution >= 0.6 is 0 Å². The van der Waals surface area contributed by atoms with Gasteiger partial charge in [-0.1, -0.05) is 13.8 Å². The summed E-state index contributed by atoms with van der Waals surface area (Å²) in [6, 6.07) is 4.42. The number of hydrogen-bond acceptors (Lipinski definition) is 3.